The lowest BCUT2D eigenvalue weighted by Gasteiger charge is -2.44. The molecule has 11 heteroatoms. The fourth-order valence-electron chi connectivity index (χ4n) is 5.75. The van der Waals surface area contributed by atoms with Crippen LogP contribution in [0.4, 0.5) is 16.1 Å². The summed E-state index contributed by atoms with van der Waals surface area (Å²) in [5.74, 6) is 1.35. The highest BCUT2D eigenvalue weighted by molar-refractivity contribution is 7.19. The van der Waals surface area contributed by atoms with Crippen molar-refractivity contribution in [1.82, 2.24) is 30.2 Å². The molecule has 2 N–H and O–H groups in total. The van der Waals surface area contributed by atoms with Gasteiger partial charge in [0.1, 0.15) is 0 Å². The summed E-state index contributed by atoms with van der Waals surface area (Å²) >= 11 is 1.42. The molecule has 0 unspecified atom stereocenters. The zero-order valence-corrected chi connectivity index (χ0v) is 22.5. The lowest BCUT2D eigenvalue weighted by atomic mass is 9.70. The van der Waals surface area contributed by atoms with Crippen LogP contribution in [0, 0.1) is 11.3 Å². The Labute approximate surface area is 217 Å². The number of aromatic nitrogens is 4. The third-order valence-electron chi connectivity index (χ3n) is 8.08. The molecule has 1 amide bonds. The third-order valence-corrected chi connectivity index (χ3v) is 8.85. The molecule has 2 aliphatic heterocycles. The predicted molar refractivity (Wildman–Crippen MR) is 143 cm³/mol. The van der Waals surface area contributed by atoms with Gasteiger partial charge in [0, 0.05) is 51.5 Å². The van der Waals surface area contributed by atoms with Crippen LogP contribution in [-0.2, 0) is 4.79 Å². The second-order valence-corrected chi connectivity index (χ2v) is 12.3. The van der Waals surface area contributed by atoms with Gasteiger partial charge in [-0.1, -0.05) is 25.2 Å². The number of nitrogens with one attached hydrogen (secondary N) is 2. The summed E-state index contributed by atoms with van der Waals surface area (Å²) in [6, 6.07) is 4.04. The number of amides is 1. The Morgan fingerprint density at radius 1 is 1.06 bits per heavy atom. The van der Waals surface area contributed by atoms with Crippen LogP contribution in [0.2, 0.25) is 0 Å². The first kappa shape index (κ1) is 25.3. The number of hydrogen-bond donors (Lipinski definition) is 2. The number of carbonyl (C=O) groups is 1. The van der Waals surface area contributed by atoms with Crippen molar-refractivity contribution in [3.63, 3.8) is 0 Å². The van der Waals surface area contributed by atoms with Crippen LogP contribution >= 0.6 is 11.3 Å². The molecule has 2 saturated heterocycles. The highest BCUT2D eigenvalue weighted by Crippen LogP contribution is 2.40. The smallest absolute Gasteiger partial charge is 0.243 e. The Balaban J connectivity index is 1.20. The normalized spacial score (nSPS) is 24.5. The largest absolute Gasteiger partial charge is 0.355 e. The van der Waals surface area contributed by atoms with Gasteiger partial charge in [-0.05, 0) is 62.6 Å². The van der Waals surface area contributed by atoms with Gasteiger partial charge in [0.15, 0.2) is 5.82 Å². The number of rotatable bonds is 7. The van der Waals surface area contributed by atoms with Crippen molar-refractivity contribution in [3.05, 3.63) is 18.3 Å². The van der Waals surface area contributed by atoms with E-state index in [4.69, 9.17) is 0 Å². The summed E-state index contributed by atoms with van der Waals surface area (Å²) in [6.07, 6.45) is 7.23. The van der Waals surface area contributed by atoms with Crippen molar-refractivity contribution in [2.24, 2.45) is 11.3 Å². The van der Waals surface area contributed by atoms with Crippen LogP contribution < -0.4 is 15.5 Å². The van der Waals surface area contributed by atoms with Gasteiger partial charge < -0.3 is 15.1 Å². The molecule has 2 atom stereocenters. The predicted octanol–water partition coefficient (Wildman–Crippen LogP) is 2.79. The van der Waals surface area contributed by atoms with Crippen molar-refractivity contribution in [2.75, 3.05) is 61.8 Å². The molecule has 0 bridgehead atoms. The average molecular weight is 514 g/mol. The van der Waals surface area contributed by atoms with E-state index < -0.39 is 0 Å². The van der Waals surface area contributed by atoms with Gasteiger partial charge in [0.25, 0.3) is 0 Å². The van der Waals surface area contributed by atoms with Gasteiger partial charge in [0.2, 0.25) is 16.2 Å². The number of carbonyl (C=O) groups excluding carboxylic acids is 1. The molecule has 0 radical (unpaired) electrons. The van der Waals surface area contributed by atoms with E-state index in [0.717, 1.165) is 69.5 Å². The molecular weight excluding hydrogens is 474 g/mol. The van der Waals surface area contributed by atoms with Crippen molar-refractivity contribution in [3.8, 4) is 0 Å². The van der Waals surface area contributed by atoms with Crippen LogP contribution in [0.5, 0.6) is 0 Å². The molecule has 1 aliphatic carbocycles. The molecule has 2 aromatic heterocycles. The molecule has 3 fully saturated rings. The fourth-order valence-corrected chi connectivity index (χ4v) is 6.47. The molecule has 10 nitrogen and oxygen atoms in total. The van der Waals surface area contributed by atoms with Gasteiger partial charge in [-0.2, -0.15) is 5.10 Å². The molecule has 0 spiro atoms. The molecule has 2 aromatic rings. The van der Waals surface area contributed by atoms with Crippen molar-refractivity contribution >= 4 is 33.3 Å². The monoisotopic (exact) mass is 513 g/mol. The first-order valence-corrected chi connectivity index (χ1v) is 14.0. The summed E-state index contributed by atoms with van der Waals surface area (Å²) in [5.41, 5.74) is 0.377. The lowest BCUT2D eigenvalue weighted by molar-refractivity contribution is -0.125. The van der Waals surface area contributed by atoms with E-state index >= 15 is 0 Å². The molecule has 5 rings (SSSR count). The van der Waals surface area contributed by atoms with E-state index in [9.17, 15) is 4.79 Å². The van der Waals surface area contributed by atoms with Crippen molar-refractivity contribution < 1.29 is 4.79 Å². The van der Waals surface area contributed by atoms with Crippen LogP contribution in [0.1, 0.15) is 46.0 Å². The number of anilines is 3. The summed E-state index contributed by atoms with van der Waals surface area (Å²) in [4.78, 5) is 20.6. The van der Waals surface area contributed by atoms with E-state index in [1.54, 1.807) is 6.20 Å². The van der Waals surface area contributed by atoms with Crippen LogP contribution in [0.25, 0.3) is 0 Å². The quantitative estimate of drug-likeness (QED) is 0.578. The topological polar surface area (TPSA) is 102 Å². The zero-order valence-electron chi connectivity index (χ0n) is 21.7. The van der Waals surface area contributed by atoms with E-state index in [-0.39, 0.29) is 18.0 Å². The molecule has 196 valence electrons. The molecule has 1 saturated carbocycles. The standard InChI is InChI=1S/C25H39N9OS/c1-25(2)9-6-18(7-10-25)21(33-15-13-32(3)14-16-33)22(35)28-24-31-30-23(36-24)27-19-8-12-34(17-19)20-5-4-11-26-29-20/h4-5,11,18-19,21H,6-10,12-17H2,1-3H3,(H,27,30)(H,28,31,35)/t19-,21+/m1/s1. The first-order valence-electron chi connectivity index (χ1n) is 13.2. The Kier molecular flexibility index (Phi) is 7.68. The minimum Gasteiger partial charge on any atom is -0.355 e. The zero-order chi connectivity index (χ0) is 25.1. The van der Waals surface area contributed by atoms with E-state index in [1.165, 1.54) is 24.2 Å². The average Bonchev–Trinajstić information content (AvgIpc) is 3.52. The maximum atomic E-state index is 13.6. The fraction of sp³-hybridized carbons (Fsp3) is 0.720. The summed E-state index contributed by atoms with van der Waals surface area (Å²) < 4.78 is 0. The van der Waals surface area contributed by atoms with Gasteiger partial charge in [0.05, 0.1) is 6.04 Å². The Morgan fingerprint density at radius 2 is 1.81 bits per heavy atom. The highest BCUT2D eigenvalue weighted by atomic mass is 32.1. The molecule has 3 aliphatic rings. The SMILES string of the molecule is CN1CCN([C@H](C(=O)Nc2nnc(N[C@@H]3CCN(c4cccnn4)C3)s2)C2CCC(C)(C)CC2)CC1. The van der Waals surface area contributed by atoms with Gasteiger partial charge in [-0.3, -0.25) is 15.0 Å². The minimum atomic E-state index is -0.106. The van der Waals surface area contributed by atoms with Crippen molar-refractivity contribution in [1.29, 1.82) is 0 Å². The van der Waals surface area contributed by atoms with Gasteiger partial charge in [-0.25, -0.2) is 0 Å². The maximum absolute atomic E-state index is 13.6. The first-order chi connectivity index (χ1) is 17.4. The van der Waals surface area contributed by atoms with Crippen LogP contribution in [0.3, 0.4) is 0 Å². The second kappa shape index (κ2) is 10.9. The van der Waals surface area contributed by atoms with E-state index in [2.05, 4.69) is 66.6 Å². The van der Waals surface area contributed by atoms with E-state index in [0.29, 0.717) is 16.5 Å². The van der Waals surface area contributed by atoms with Crippen LogP contribution in [0.15, 0.2) is 18.3 Å². The van der Waals surface area contributed by atoms with Crippen LogP contribution in [-0.4, -0.2) is 94.5 Å². The van der Waals surface area contributed by atoms with Crippen molar-refractivity contribution in [2.45, 2.75) is 58.0 Å². The minimum absolute atomic E-state index is 0.0710. The number of likely N-dealkylation sites (N-methyl/N-ethyl adjacent to an activating group) is 1. The second-order valence-electron chi connectivity index (χ2n) is 11.3. The number of piperazine rings is 1. The summed E-state index contributed by atoms with van der Waals surface area (Å²) in [5, 5.41) is 24.7. The Hall–Kier alpha value is -2.37. The molecular formula is C25H39N9OS. The van der Waals surface area contributed by atoms with E-state index in [1.807, 2.05) is 12.1 Å². The maximum Gasteiger partial charge on any atom is 0.243 e. The third kappa shape index (κ3) is 6.12. The Bertz CT molecular complexity index is 998. The number of nitrogens with zero attached hydrogens (tertiary/aromatic N) is 7. The lowest BCUT2D eigenvalue weighted by Crippen LogP contribution is -2.56. The van der Waals surface area contributed by atoms with Gasteiger partial charge >= 0.3 is 0 Å². The highest BCUT2D eigenvalue weighted by Gasteiger charge is 2.39. The van der Waals surface area contributed by atoms with Gasteiger partial charge in [-0.15, -0.1) is 15.3 Å². The molecule has 4 heterocycles. The number of hydrogen-bond acceptors (Lipinski definition) is 10. The summed E-state index contributed by atoms with van der Waals surface area (Å²) in [7, 11) is 2.15. The molecule has 36 heavy (non-hydrogen) atoms. The Morgan fingerprint density at radius 3 is 2.53 bits per heavy atom. The summed E-state index contributed by atoms with van der Waals surface area (Å²) in [6.45, 7) is 10.3. The molecule has 0 aromatic carbocycles.